The second kappa shape index (κ2) is 9.11. The topological polar surface area (TPSA) is 29.5 Å². The number of aliphatic hydroxyl groups is 1. The summed E-state index contributed by atoms with van der Waals surface area (Å²) < 4.78 is 5.43. The summed E-state index contributed by atoms with van der Waals surface area (Å²) in [5.74, 6) is 0.926. The molecule has 31 heavy (non-hydrogen) atoms. The summed E-state index contributed by atoms with van der Waals surface area (Å²) in [6, 6.07) is 20.0. The van der Waals surface area contributed by atoms with E-state index in [1.165, 1.54) is 41.5 Å². The van der Waals surface area contributed by atoms with Gasteiger partial charge in [-0.05, 0) is 60.1 Å². The van der Waals surface area contributed by atoms with E-state index in [2.05, 4.69) is 91.1 Å². The third-order valence-corrected chi connectivity index (χ3v) is 7.36. The van der Waals surface area contributed by atoms with Crippen LogP contribution >= 0.6 is 0 Å². The van der Waals surface area contributed by atoms with Crippen LogP contribution in [-0.4, -0.2) is 19.3 Å². The molecule has 2 heteroatoms. The number of benzene rings is 2. The summed E-state index contributed by atoms with van der Waals surface area (Å²) in [4.78, 5) is 0. The molecule has 2 atom stereocenters. The monoisotopic (exact) mass is 412 g/mol. The fraction of sp³-hybridized carbons (Fsp3) is 0.310. The first kappa shape index (κ1) is 21.4. The molecular weight excluding hydrogens is 380 g/mol. The summed E-state index contributed by atoms with van der Waals surface area (Å²) in [5, 5.41) is 7.00. The Bertz CT molecular complexity index is 1010. The number of hydrogen-bond acceptors (Lipinski definition) is 2. The van der Waals surface area contributed by atoms with Gasteiger partial charge in [-0.15, -0.1) is 0 Å². The van der Waals surface area contributed by atoms with Crippen LogP contribution in [-0.2, 0) is 10.8 Å². The van der Waals surface area contributed by atoms with Crippen molar-refractivity contribution in [2.75, 3.05) is 14.2 Å². The van der Waals surface area contributed by atoms with Crippen LogP contribution in [0.1, 0.15) is 43.2 Å². The molecule has 2 aromatic carbocycles. The lowest BCUT2D eigenvalue weighted by atomic mass is 9.66. The molecule has 2 aromatic rings. The Balaban J connectivity index is 0.00000112. The average Bonchev–Trinajstić information content (AvgIpc) is 2.96. The molecule has 1 N–H and O–H groups in total. The summed E-state index contributed by atoms with van der Waals surface area (Å²) in [7, 11) is 2.74. The zero-order valence-electron chi connectivity index (χ0n) is 18.6. The summed E-state index contributed by atoms with van der Waals surface area (Å²) in [5.41, 5.74) is 5.89. The molecule has 0 aliphatic heterocycles. The first-order chi connectivity index (χ1) is 15.3. The second-order valence-electron chi connectivity index (χ2n) is 8.57. The van der Waals surface area contributed by atoms with E-state index in [0.717, 1.165) is 25.7 Å². The molecule has 4 aliphatic carbocycles. The molecule has 2 unspecified atom stereocenters. The zero-order chi connectivity index (χ0) is 21.7. The van der Waals surface area contributed by atoms with Gasteiger partial charge in [-0.1, -0.05) is 85.3 Å². The van der Waals surface area contributed by atoms with Crippen molar-refractivity contribution in [3.8, 4) is 5.75 Å². The van der Waals surface area contributed by atoms with E-state index in [4.69, 9.17) is 9.84 Å². The van der Waals surface area contributed by atoms with Gasteiger partial charge in [0.15, 0.2) is 0 Å². The lowest BCUT2D eigenvalue weighted by molar-refractivity contribution is 0.399. The molecule has 0 amide bonds. The Morgan fingerprint density at radius 3 is 1.71 bits per heavy atom. The molecule has 1 saturated carbocycles. The maximum absolute atomic E-state index is 7.00. The van der Waals surface area contributed by atoms with E-state index in [0.29, 0.717) is 0 Å². The Hall–Kier alpha value is -2.84. The summed E-state index contributed by atoms with van der Waals surface area (Å²) in [6.07, 6.45) is 19.9. The highest BCUT2D eigenvalue weighted by Crippen LogP contribution is 2.54. The number of allylic oxidation sites excluding steroid dienone is 8. The van der Waals surface area contributed by atoms with Gasteiger partial charge in [0.25, 0.3) is 0 Å². The second-order valence-corrected chi connectivity index (χ2v) is 8.57. The number of fused-ring (bicyclic) bond motifs is 2. The van der Waals surface area contributed by atoms with Crippen molar-refractivity contribution in [1.82, 2.24) is 0 Å². The largest absolute Gasteiger partial charge is 0.497 e. The minimum Gasteiger partial charge on any atom is -0.497 e. The lowest BCUT2D eigenvalue weighted by Crippen LogP contribution is -2.30. The minimum absolute atomic E-state index is 0.0528. The Labute approximate surface area is 186 Å². The molecule has 2 nitrogen and oxygen atoms in total. The summed E-state index contributed by atoms with van der Waals surface area (Å²) in [6.45, 7) is 0. The third kappa shape index (κ3) is 3.70. The number of rotatable bonds is 3. The fourth-order valence-corrected chi connectivity index (χ4v) is 5.78. The van der Waals surface area contributed by atoms with Crippen molar-refractivity contribution in [1.29, 1.82) is 0 Å². The van der Waals surface area contributed by atoms with Crippen LogP contribution in [0.4, 0.5) is 0 Å². The van der Waals surface area contributed by atoms with Gasteiger partial charge in [0.1, 0.15) is 5.75 Å². The van der Waals surface area contributed by atoms with Gasteiger partial charge >= 0.3 is 0 Å². The average molecular weight is 413 g/mol. The quantitative estimate of drug-likeness (QED) is 0.629. The smallest absolute Gasteiger partial charge is 0.118 e. The van der Waals surface area contributed by atoms with Crippen molar-refractivity contribution >= 4 is 0 Å². The molecule has 6 rings (SSSR count). The van der Waals surface area contributed by atoms with Gasteiger partial charge in [-0.2, -0.15) is 0 Å². The maximum atomic E-state index is 7.00. The van der Waals surface area contributed by atoms with Gasteiger partial charge in [-0.3, -0.25) is 0 Å². The van der Waals surface area contributed by atoms with E-state index >= 15 is 0 Å². The van der Waals surface area contributed by atoms with Crippen LogP contribution in [0.2, 0.25) is 0 Å². The number of aliphatic hydroxyl groups excluding tert-OH is 1. The van der Waals surface area contributed by atoms with Crippen molar-refractivity contribution in [3.05, 3.63) is 113 Å². The first-order valence-electron chi connectivity index (χ1n) is 11.2. The van der Waals surface area contributed by atoms with Crippen molar-refractivity contribution in [2.45, 2.75) is 42.9 Å². The normalized spacial score (nSPS) is 31.7. The van der Waals surface area contributed by atoms with Gasteiger partial charge in [0.05, 0.1) is 7.11 Å². The summed E-state index contributed by atoms with van der Waals surface area (Å²) >= 11 is 0. The lowest BCUT2D eigenvalue weighted by Gasteiger charge is -2.37. The predicted molar refractivity (Wildman–Crippen MR) is 128 cm³/mol. The Morgan fingerprint density at radius 2 is 1.19 bits per heavy atom. The van der Waals surface area contributed by atoms with Crippen LogP contribution in [0.25, 0.3) is 0 Å². The van der Waals surface area contributed by atoms with E-state index in [9.17, 15) is 0 Å². The van der Waals surface area contributed by atoms with Gasteiger partial charge in [0, 0.05) is 17.9 Å². The van der Waals surface area contributed by atoms with Crippen molar-refractivity contribution in [3.63, 3.8) is 0 Å². The Morgan fingerprint density at radius 1 is 0.677 bits per heavy atom. The minimum atomic E-state index is 0.0528. The van der Waals surface area contributed by atoms with Gasteiger partial charge in [0.2, 0.25) is 0 Å². The van der Waals surface area contributed by atoms with Crippen molar-refractivity contribution in [2.24, 2.45) is 0 Å². The standard InChI is InChI=1S/C28H28O.CH4O/c1-29-26-16-14-25(15-17-26)28-19-7-18-27(20-21-28,22-8-3-2-4-9-22)23-10-5-12-24(28)13-6-11-23;1-2/h2-6,8-17H,7,18-21H2,1H3;2H,1H3/b10-5-,11-6?,12-5?,13-6-,23-10?,23-11+,24-12+,24-13?;. The van der Waals surface area contributed by atoms with Crippen LogP contribution in [0.5, 0.6) is 5.75 Å². The van der Waals surface area contributed by atoms with Crippen LogP contribution < -0.4 is 4.74 Å². The fourth-order valence-electron chi connectivity index (χ4n) is 5.78. The number of ether oxygens (including phenoxy) is 1. The highest BCUT2D eigenvalue weighted by molar-refractivity contribution is 5.53. The van der Waals surface area contributed by atoms with E-state index in [1.807, 2.05) is 0 Å². The molecule has 4 aliphatic rings. The Kier molecular flexibility index (Phi) is 6.29. The highest BCUT2D eigenvalue weighted by Gasteiger charge is 2.45. The van der Waals surface area contributed by atoms with E-state index in [1.54, 1.807) is 7.11 Å². The van der Waals surface area contributed by atoms with Gasteiger partial charge < -0.3 is 9.84 Å². The molecule has 0 spiro atoms. The molecule has 0 aromatic heterocycles. The molecule has 0 radical (unpaired) electrons. The van der Waals surface area contributed by atoms with Gasteiger partial charge in [-0.25, -0.2) is 0 Å². The first-order valence-corrected chi connectivity index (χ1v) is 11.2. The van der Waals surface area contributed by atoms with Crippen LogP contribution in [0.15, 0.2) is 102 Å². The maximum Gasteiger partial charge on any atom is 0.118 e. The van der Waals surface area contributed by atoms with Crippen molar-refractivity contribution < 1.29 is 9.84 Å². The molecule has 1 fully saturated rings. The number of hydrogen-bond donors (Lipinski definition) is 1. The molecule has 4 bridgehead atoms. The SMILES string of the molecule is CO.COc1ccc(C23CCCC(c4ccccc4)(CC2)C2=C/C=C\C3=C/C=C\2)cc1. The zero-order valence-corrected chi connectivity index (χ0v) is 18.6. The van der Waals surface area contributed by atoms with Crippen LogP contribution in [0.3, 0.4) is 0 Å². The molecule has 0 saturated heterocycles. The van der Waals surface area contributed by atoms with E-state index in [-0.39, 0.29) is 10.8 Å². The van der Waals surface area contributed by atoms with Crippen LogP contribution in [0, 0.1) is 0 Å². The molecule has 160 valence electrons. The number of methoxy groups -OCH3 is 1. The van der Waals surface area contributed by atoms with E-state index < -0.39 is 0 Å². The molecular formula is C29H32O2. The third-order valence-electron chi connectivity index (χ3n) is 7.36. The predicted octanol–water partition coefficient (Wildman–Crippen LogP) is 6.44. The molecule has 0 heterocycles. The highest BCUT2D eigenvalue weighted by atomic mass is 16.5.